The van der Waals surface area contributed by atoms with Crippen LogP contribution in [0.4, 0.5) is 0 Å². The number of nitrogens with zero attached hydrogens (tertiary/aromatic N) is 6. The minimum absolute atomic E-state index is 0.300. The first-order valence-electron chi connectivity index (χ1n) is 19.0. The Morgan fingerprint density at radius 3 is 1.24 bits per heavy atom. The summed E-state index contributed by atoms with van der Waals surface area (Å²) in [5.74, 6) is 1.03. The molecule has 2 spiro atoms. The lowest BCUT2D eigenvalue weighted by Gasteiger charge is -2.42. The Hall–Kier alpha value is -4.46. The lowest BCUT2D eigenvalue weighted by Crippen LogP contribution is -2.50. The van der Waals surface area contributed by atoms with Crippen molar-refractivity contribution < 1.29 is 19.7 Å². The zero-order valence-electron chi connectivity index (χ0n) is 33.7. The van der Waals surface area contributed by atoms with E-state index in [2.05, 4.69) is 115 Å². The Labute approximate surface area is 318 Å². The van der Waals surface area contributed by atoms with Crippen LogP contribution in [-0.4, -0.2) is 33.6 Å². The molecule has 6 atom stereocenters. The Balaban J connectivity index is 1.64. The summed E-state index contributed by atoms with van der Waals surface area (Å²) in [6.07, 6.45) is 6.17. The largest absolute Gasteiger partial charge is 0.479 e. The molecule has 10 nitrogen and oxygen atoms in total. The number of aliphatic hydroxyl groups is 2. The summed E-state index contributed by atoms with van der Waals surface area (Å²) in [6, 6.07) is 6.38. The molecular weight excluding hydrogens is 677 g/mol. The molecule has 3 aliphatic heterocycles. The van der Waals surface area contributed by atoms with Crippen LogP contribution in [0.5, 0.6) is 11.5 Å². The van der Waals surface area contributed by atoms with Gasteiger partial charge in [-0.05, 0) is 89.4 Å². The van der Waals surface area contributed by atoms with E-state index in [0.29, 0.717) is 46.6 Å². The van der Waals surface area contributed by atoms with Gasteiger partial charge in [-0.3, -0.25) is 0 Å². The zero-order valence-corrected chi connectivity index (χ0v) is 33.7. The van der Waals surface area contributed by atoms with Gasteiger partial charge in [-0.15, -0.1) is 0 Å². The van der Waals surface area contributed by atoms with Crippen molar-refractivity contribution in [2.24, 2.45) is 21.1 Å². The van der Waals surface area contributed by atoms with Crippen LogP contribution < -0.4 is 9.47 Å². The predicted molar refractivity (Wildman–Crippen MR) is 211 cm³/mol. The lowest BCUT2D eigenvalue weighted by molar-refractivity contribution is 0.00417. The molecular formula is C44H54N6O4. The predicted octanol–water partition coefficient (Wildman–Crippen LogP) is 10.6. The Morgan fingerprint density at radius 2 is 0.944 bits per heavy atom. The summed E-state index contributed by atoms with van der Waals surface area (Å²) in [6.45, 7) is 25.5. The standard InChI is InChI=1S/C44H54N6O4/c1-39(2,3)25-13-23-19-43-21-28(42(10,11)12)18-32(38(43)52)34(48-50-46)30-16-26(40(4,5)6)14-24-20-44(54-36(24)30)22-27(41(7,8)9)17-31(37(44)51)33(47-49-45)29(15-25)35(23)53-43/h13-18,21-22,33-34,37-38,51-52H,19-20H2,1-12H3/t33?,34?,37?,38?,43-,44+. The fourth-order valence-corrected chi connectivity index (χ4v) is 8.62. The van der Waals surface area contributed by atoms with Crippen LogP contribution >= 0.6 is 0 Å². The number of rotatable bonds is 2. The second-order valence-electron chi connectivity index (χ2n) is 20.1. The minimum Gasteiger partial charge on any atom is -0.479 e. The van der Waals surface area contributed by atoms with Gasteiger partial charge in [0.15, 0.2) is 11.2 Å². The van der Waals surface area contributed by atoms with Gasteiger partial charge < -0.3 is 19.7 Å². The molecule has 284 valence electrons. The molecule has 7 rings (SSSR count). The van der Waals surface area contributed by atoms with Crippen LogP contribution in [0.1, 0.15) is 129 Å². The lowest BCUT2D eigenvalue weighted by atomic mass is 9.70. The van der Waals surface area contributed by atoms with Crippen LogP contribution in [0.25, 0.3) is 20.9 Å². The summed E-state index contributed by atoms with van der Waals surface area (Å²) < 4.78 is 14.3. The van der Waals surface area contributed by atoms with Crippen molar-refractivity contribution in [2.75, 3.05) is 0 Å². The first-order chi connectivity index (χ1) is 24.9. The van der Waals surface area contributed by atoms with E-state index < -0.39 is 35.5 Å². The van der Waals surface area contributed by atoms with Gasteiger partial charge in [-0.2, -0.15) is 0 Å². The van der Waals surface area contributed by atoms with E-state index >= 15 is 0 Å². The molecule has 0 radical (unpaired) electrons. The van der Waals surface area contributed by atoms with Crippen molar-refractivity contribution in [3.63, 3.8) is 0 Å². The van der Waals surface area contributed by atoms with Crippen molar-refractivity contribution in [3.05, 3.63) is 125 Å². The van der Waals surface area contributed by atoms with E-state index in [0.717, 1.165) is 33.4 Å². The number of ether oxygens (including phenoxy) is 2. The molecule has 2 aliphatic carbocycles. The van der Waals surface area contributed by atoms with Crippen molar-refractivity contribution in [3.8, 4) is 11.5 Å². The van der Waals surface area contributed by atoms with Crippen LogP contribution in [0.3, 0.4) is 0 Å². The number of allylic oxidation sites excluding steroid dienone is 4. The maximum atomic E-state index is 12.8. The Bertz CT molecular complexity index is 2030. The smallest absolute Gasteiger partial charge is 0.161 e. The highest BCUT2D eigenvalue weighted by Crippen LogP contribution is 2.57. The second kappa shape index (κ2) is 12.0. The molecule has 54 heavy (non-hydrogen) atoms. The van der Waals surface area contributed by atoms with Gasteiger partial charge in [0.25, 0.3) is 0 Å². The van der Waals surface area contributed by atoms with E-state index in [-0.39, 0.29) is 21.7 Å². The van der Waals surface area contributed by atoms with E-state index in [1.165, 1.54) is 0 Å². The number of azide groups is 2. The molecule has 0 saturated carbocycles. The van der Waals surface area contributed by atoms with Gasteiger partial charge in [0.05, 0.1) is 12.1 Å². The van der Waals surface area contributed by atoms with Gasteiger partial charge >= 0.3 is 0 Å². The summed E-state index contributed by atoms with van der Waals surface area (Å²) in [4.78, 5) is 6.75. The maximum Gasteiger partial charge on any atom is 0.161 e. The fraction of sp³-hybridized carbons (Fsp3) is 0.545. The van der Waals surface area contributed by atoms with Gasteiger partial charge in [0, 0.05) is 33.8 Å². The van der Waals surface area contributed by atoms with E-state index in [1.807, 2.05) is 36.4 Å². The zero-order chi connectivity index (χ0) is 39.6. The molecule has 5 aliphatic rings. The highest BCUT2D eigenvalue weighted by Gasteiger charge is 2.55. The van der Waals surface area contributed by atoms with E-state index in [4.69, 9.17) is 9.47 Å². The van der Waals surface area contributed by atoms with Crippen molar-refractivity contribution in [2.45, 2.75) is 142 Å². The van der Waals surface area contributed by atoms with Gasteiger partial charge in [-0.1, -0.05) is 130 Å². The Kier molecular flexibility index (Phi) is 8.42. The Morgan fingerprint density at radius 1 is 0.593 bits per heavy atom. The van der Waals surface area contributed by atoms with Crippen LogP contribution in [0.2, 0.25) is 0 Å². The molecule has 2 aromatic rings. The molecule has 10 heteroatoms. The normalized spacial score (nSPS) is 28.6. The number of benzene rings is 2. The van der Waals surface area contributed by atoms with E-state index in [1.54, 1.807) is 0 Å². The molecule has 2 aromatic carbocycles. The molecule has 0 amide bonds. The SMILES string of the molecule is CC(C)(C)C1=C[C@]23Cc4cc(C(C)(C)C)cc(c4O2)C(N=[N+]=[N-])C2=CC(C(C)(C)C)=C[C@]4(Cc5cc(C(C)(C)C)cc(c5O4)C(N=[N+]=[N-])C(=C1)C3O)C2O. The van der Waals surface area contributed by atoms with Gasteiger partial charge in [0.1, 0.15) is 23.7 Å². The van der Waals surface area contributed by atoms with Crippen LogP contribution in [0, 0.1) is 10.8 Å². The number of hydrogen-bond acceptors (Lipinski definition) is 6. The minimum atomic E-state index is -1.28. The van der Waals surface area contributed by atoms with Gasteiger partial charge in [-0.25, -0.2) is 0 Å². The number of hydrogen-bond donors (Lipinski definition) is 2. The first-order valence-corrected chi connectivity index (χ1v) is 19.0. The average molecular weight is 731 g/mol. The third-order valence-electron chi connectivity index (χ3n) is 11.9. The second-order valence-corrected chi connectivity index (χ2v) is 20.1. The summed E-state index contributed by atoms with van der Waals surface area (Å²) in [5.41, 5.74) is 24.4. The van der Waals surface area contributed by atoms with Gasteiger partial charge in [0.2, 0.25) is 0 Å². The molecule has 3 heterocycles. The van der Waals surface area contributed by atoms with Crippen LogP contribution in [-0.2, 0) is 23.7 Å². The number of aliphatic hydroxyl groups excluding tert-OH is 2. The number of fused-ring (bicyclic) bond motifs is 2. The quantitative estimate of drug-likeness (QED) is 0.179. The summed E-state index contributed by atoms with van der Waals surface area (Å²) >= 11 is 0. The van der Waals surface area contributed by atoms with Crippen molar-refractivity contribution >= 4 is 0 Å². The molecule has 0 aromatic heterocycles. The fourth-order valence-electron chi connectivity index (χ4n) is 8.62. The van der Waals surface area contributed by atoms with Crippen molar-refractivity contribution in [1.29, 1.82) is 0 Å². The monoisotopic (exact) mass is 730 g/mol. The summed E-state index contributed by atoms with van der Waals surface area (Å²) in [5, 5.41) is 34.4. The van der Waals surface area contributed by atoms with Crippen molar-refractivity contribution in [1.82, 2.24) is 0 Å². The molecule has 2 N–H and O–H groups in total. The third kappa shape index (κ3) is 5.95. The van der Waals surface area contributed by atoms with E-state index in [9.17, 15) is 21.3 Å². The van der Waals surface area contributed by atoms with Crippen LogP contribution in [0.15, 0.2) is 81.1 Å². The topological polar surface area (TPSA) is 156 Å². The first kappa shape index (κ1) is 37.8. The third-order valence-corrected chi connectivity index (χ3v) is 11.9. The molecule has 0 saturated heterocycles. The maximum absolute atomic E-state index is 12.8. The highest BCUT2D eigenvalue weighted by molar-refractivity contribution is 5.62. The summed E-state index contributed by atoms with van der Waals surface area (Å²) in [7, 11) is 0. The molecule has 4 unspecified atom stereocenters. The highest BCUT2D eigenvalue weighted by atomic mass is 16.5. The molecule has 6 bridgehead atoms. The molecule has 0 fully saturated rings. The average Bonchev–Trinajstić information content (AvgIpc) is 3.61.